The first-order valence-electron chi connectivity index (χ1n) is 5.98. The lowest BCUT2D eigenvalue weighted by molar-refractivity contribution is 0.0763. The fraction of sp³-hybridized carbons (Fsp3) is 0.538. The van der Waals surface area contributed by atoms with Crippen LogP contribution in [0.3, 0.4) is 0 Å². The molecule has 1 fully saturated rings. The molecule has 1 heterocycles. The lowest BCUT2D eigenvalue weighted by Crippen LogP contribution is -2.47. The molecule has 18 heavy (non-hydrogen) atoms. The number of thioether (sulfide) groups is 1. The van der Waals surface area contributed by atoms with Crippen molar-refractivity contribution in [2.45, 2.75) is 18.6 Å². The van der Waals surface area contributed by atoms with Gasteiger partial charge >= 0.3 is 0 Å². The van der Waals surface area contributed by atoms with Crippen LogP contribution >= 0.6 is 23.4 Å². The summed E-state index contributed by atoms with van der Waals surface area (Å²) in [6.07, 6.45) is 0.0691. The Balaban J connectivity index is 2.01. The van der Waals surface area contributed by atoms with Gasteiger partial charge in [-0.3, -0.25) is 4.90 Å². The van der Waals surface area contributed by atoms with E-state index >= 15 is 0 Å². The second-order valence-corrected chi connectivity index (χ2v) is 6.20. The third-order valence-electron chi connectivity index (χ3n) is 3.32. The Labute approximate surface area is 116 Å². The van der Waals surface area contributed by atoms with Crippen molar-refractivity contribution in [3.8, 4) is 0 Å². The summed E-state index contributed by atoms with van der Waals surface area (Å²) in [5.41, 5.74) is 0.873. The van der Waals surface area contributed by atoms with Crippen LogP contribution in [0.2, 0.25) is 5.02 Å². The Hall–Kier alpha value is -0.290. The molecule has 0 spiro atoms. The zero-order chi connectivity index (χ0) is 13.1. The van der Waals surface area contributed by atoms with Crippen molar-refractivity contribution in [1.82, 2.24) is 4.90 Å². The maximum absolute atomic E-state index is 13.0. The van der Waals surface area contributed by atoms with Crippen LogP contribution in [-0.4, -0.2) is 47.3 Å². The molecule has 2 unspecified atom stereocenters. The van der Waals surface area contributed by atoms with Crippen LogP contribution in [0.1, 0.15) is 5.56 Å². The number of halogens is 2. The van der Waals surface area contributed by atoms with E-state index in [1.807, 2.05) is 18.8 Å². The first kappa shape index (κ1) is 14.1. The van der Waals surface area contributed by atoms with E-state index in [4.69, 9.17) is 11.6 Å². The van der Waals surface area contributed by atoms with Crippen molar-refractivity contribution >= 4 is 23.4 Å². The van der Waals surface area contributed by atoms with Crippen LogP contribution in [0, 0.1) is 5.82 Å². The highest BCUT2D eigenvalue weighted by Crippen LogP contribution is 2.21. The second-order valence-electron chi connectivity index (χ2n) is 4.64. The van der Waals surface area contributed by atoms with E-state index in [9.17, 15) is 9.50 Å². The summed E-state index contributed by atoms with van der Waals surface area (Å²) in [5, 5.41) is 10.4. The molecular formula is C13H17ClFNOS. The van der Waals surface area contributed by atoms with E-state index in [0.717, 1.165) is 23.6 Å². The van der Waals surface area contributed by atoms with Crippen molar-refractivity contribution in [2.24, 2.45) is 0 Å². The van der Waals surface area contributed by atoms with Crippen molar-refractivity contribution in [1.29, 1.82) is 0 Å². The van der Waals surface area contributed by atoms with Crippen LogP contribution < -0.4 is 0 Å². The summed E-state index contributed by atoms with van der Waals surface area (Å²) < 4.78 is 13.0. The zero-order valence-corrected chi connectivity index (χ0v) is 11.8. The van der Waals surface area contributed by atoms with E-state index < -0.39 is 11.9 Å². The van der Waals surface area contributed by atoms with Gasteiger partial charge in [0.05, 0.1) is 11.1 Å². The smallest absolute Gasteiger partial charge is 0.141 e. The minimum absolute atomic E-state index is 0.117. The first-order valence-corrected chi connectivity index (χ1v) is 7.51. The fourth-order valence-corrected chi connectivity index (χ4v) is 3.66. The molecule has 0 radical (unpaired) electrons. The quantitative estimate of drug-likeness (QED) is 0.924. The third kappa shape index (κ3) is 3.38. The molecule has 100 valence electrons. The van der Waals surface area contributed by atoms with Gasteiger partial charge in [-0.25, -0.2) is 4.39 Å². The molecule has 2 atom stereocenters. The Morgan fingerprint density at radius 1 is 1.61 bits per heavy atom. The topological polar surface area (TPSA) is 23.5 Å². The number of hydrogen-bond acceptors (Lipinski definition) is 3. The molecule has 0 amide bonds. The van der Waals surface area contributed by atoms with Gasteiger partial charge in [-0.05, 0) is 31.2 Å². The van der Waals surface area contributed by atoms with Gasteiger partial charge in [-0.1, -0.05) is 17.7 Å². The third-order valence-corrected chi connectivity index (χ3v) is 4.65. The van der Waals surface area contributed by atoms with Crippen LogP contribution in [-0.2, 0) is 6.42 Å². The molecular weight excluding hydrogens is 273 g/mol. The molecule has 5 heteroatoms. The molecule has 1 aliphatic heterocycles. The maximum atomic E-state index is 13.0. The maximum Gasteiger partial charge on any atom is 0.141 e. The predicted octanol–water partition coefficient (Wildman–Crippen LogP) is 2.43. The minimum Gasteiger partial charge on any atom is -0.391 e. The van der Waals surface area contributed by atoms with Gasteiger partial charge in [-0.15, -0.1) is 0 Å². The monoisotopic (exact) mass is 289 g/mol. The number of rotatable bonds is 3. The summed E-state index contributed by atoms with van der Waals surface area (Å²) in [5.74, 6) is 1.63. The number of hydrogen-bond donors (Lipinski definition) is 1. The van der Waals surface area contributed by atoms with Gasteiger partial charge in [0.2, 0.25) is 0 Å². The lowest BCUT2D eigenvalue weighted by atomic mass is 10.0. The highest BCUT2D eigenvalue weighted by Gasteiger charge is 2.26. The standard InChI is InChI=1S/C13H17ClFNOS/c1-16-4-5-18-8-12(16)13(17)7-9-2-3-11(15)10(14)6-9/h2-3,6,12-13,17H,4-5,7-8H2,1H3. The molecule has 2 rings (SSSR count). The average Bonchev–Trinajstić information content (AvgIpc) is 2.34. The number of aliphatic hydroxyl groups is 1. The molecule has 1 aromatic carbocycles. The Morgan fingerprint density at radius 2 is 2.39 bits per heavy atom. The van der Waals surface area contributed by atoms with E-state index in [2.05, 4.69) is 4.90 Å². The van der Waals surface area contributed by atoms with Crippen molar-refractivity contribution in [3.05, 3.63) is 34.6 Å². The van der Waals surface area contributed by atoms with Crippen molar-refractivity contribution in [2.75, 3.05) is 25.1 Å². The molecule has 0 bridgehead atoms. The predicted molar refractivity (Wildman–Crippen MR) is 74.9 cm³/mol. The molecule has 0 aliphatic carbocycles. The summed E-state index contributed by atoms with van der Waals surface area (Å²) in [6, 6.07) is 4.78. The van der Waals surface area contributed by atoms with E-state index in [-0.39, 0.29) is 11.1 Å². The summed E-state index contributed by atoms with van der Waals surface area (Å²) in [7, 11) is 2.03. The zero-order valence-electron chi connectivity index (χ0n) is 10.3. The van der Waals surface area contributed by atoms with Gasteiger partial charge in [0, 0.05) is 24.1 Å². The number of aliphatic hydroxyl groups excluding tert-OH is 1. The normalized spacial score (nSPS) is 23.0. The van der Waals surface area contributed by atoms with Crippen LogP contribution in [0.4, 0.5) is 4.39 Å². The molecule has 1 N–H and O–H groups in total. The van der Waals surface area contributed by atoms with Gasteiger partial charge in [0.1, 0.15) is 5.82 Å². The second kappa shape index (κ2) is 6.24. The van der Waals surface area contributed by atoms with Crippen LogP contribution in [0.5, 0.6) is 0 Å². The van der Waals surface area contributed by atoms with E-state index in [1.165, 1.54) is 6.07 Å². The highest BCUT2D eigenvalue weighted by molar-refractivity contribution is 7.99. The number of nitrogens with zero attached hydrogens (tertiary/aromatic N) is 1. The van der Waals surface area contributed by atoms with Gasteiger partial charge in [0.25, 0.3) is 0 Å². The molecule has 1 aromatic rings. The van der Waals surface area contributed by atoms with Crippen molar-refractivity contribution in [3.63, 3.8) is 0 Å². The SMILES string of the molecule is CN1CCSCC1C(O)Cc1ccc(F)c(Cl)c1. The fourth-order valence-electron chi connectivity index (χ4n) is 2.15. The number of likely N-dealkylation sites (N-methyl/N-ethyl adjacent to an activating group) is 1. The summed E-state index contributed by atoms with van der Waals surface area (Å²) >= 11 is 7.60. The minimum atomic E-state index is -0.440. The highest BCUT2D eigenvalue weighted by atomic mass is 35.5. The molecule has 0 saturated carbocycles. The Bertz CT molecular complexity index is 418. The first-order chi connectivity index (χ1) is 8.58. The molecule has 2 nitrogen and oxygen atoms in total. The van der Waals surface area contributed by atoms with Gasteiger partial charge < -0.3 is 5.11 Å². The summed E-state index contributed by atoms with van der Waals surface area (Å²) in [4.78, 5) is 2.19. The average molecular weight is 290 g/mol. The van der Waals surface area contributed by atoms with Crippen LogP contribution in [0.15, 0.2) is 18.2 Å². The van der Waals surface area contributed by atoms with E-state index in [0.29, 0.717) is 6.42 Å². The molecule has 0 aromatic heterocycles. The Morgan fingerprint density at radius 3 is 3.06 bits per heavy atom. The largest absolute Gasteiger partial charge is 0.391 e. The van der Waals surface area contributed by atoms with Crippen LogP contribution in [0.25, 0.3) is 0 Å². The number of benzene rings is 1. The molecule has 1 saturated heterocycles. The van der Waals surface area contributed by atoms with Gasteiger partial charge in [-0.2, -0.15) is 11.8 Å². The van der Waals surface area contributed by atoms with Gasteiger partial charge in [0.15, 0.2) is 0 Å². The van der Waals surface area contributed by atoms with Crippen molar-refractivity contribution < 1.29 is 9.50 Å². The molecule has 1 aliphatic rings. The summed E-state index contributed by atoms with van der Waals surface area (Å²) in [6.45, 7) is 0.997. The lowest BCUT2D eigenvalue weighted by Gasteiger charge is -2.35. The Kier molecular flexibility index (Phi) is 4.90. The van der Waals surface area contributed by atoms with E-state index in [1.54, 1.807) is 12.1 Å².